The normalized spacial score (nSPS) is 12.3. The highest BCUT2D eigenvalue weighted by Gasteiger charge is 2.12. The molecule has 0 aliphatic rings. The molecule has 0 bridgehead atoms. The Labute approximate surface area is 139 Å². The van der Waals surface area contributed by atoms with Gasteiger partial charge in [0, 0.05) is 17.7 Å². The molecular weight excluding hydrogens is 308 g/mol. The highest BCUT2D eigenvalue weighted by Crippen LogP contribution is 2.32. The summed E-state index contributed by atoms with van der Waals surface area (Å²) in [6, 6.07) is 13.3. The zero-order valence-electron chi connectivity index (χ0n) is 13.4. The Hall–Kier alpha value is -1.79. The quantitative estimate of drug-likeness (QED) is 0.738. The molecule has 0 fully saturated rings. The summed E-state index contributed by atoms with van der Waals surface area (Å²) >= 11 is 1.50. The van der Waals surface area contributed by atoms with Gasteiger partial charge >= 0.3 is 0 Å². The highest BCUT2D eigenvalue weighted by molar-refractivity contribution is 7.21. The lowest BCUT2D eigenvalue weighted by molar-refractivity contribution is -0.715. The summed E-state index contributed by atoms with van der Waals surface area (Å²) in [5, 5.41) is 21.6. The Bertz CT molecular complexity index is 817. The third-order valence-corrected chi connectivity index (χ3v) is 4.63. The third kappa shape index (κ3) is 3.76. The topological polar surface area (TPSA) is 63.5 Å². The average Bonchev–Trinajstić information content (AvgIpc) is 2.89. The van der Waals surface area contributed by atoms with Gasteiger partial charge in [0.15, 0.2) is 0 Å². The van der Waals surface area contributed by atoms with Crippen LogP contribution in [0.4, 0.5) is 5.69 Å². The molecule has 0 radical (unpaired) electrons. The molecule has 0 saturated heterocycles. The molecule has 3 rings (SSSR count). The Balaban J connectivity index is 1.90. The van der Waals surface area contributed by atoms with Crippen molar-refractivity contribution in [3.63, 3.8) is 0 Å². The number of rotatable bonds is 3. The largest absolute Gasteiger partial charge is 0.628 e. The van der Waals surface area contributed by atoms with Crippen molar-refractivity contribution >= 4 is 27.2 Å². The molecule has 0 spiro atoms. The van der Waals surface area contributed by atoms with E-state index in [1.165, 1.54) is 23.0 Å². The Morgan fingerprint density at radius 1 is 1.04 bits per heavy atom. The molecule has 0 aliphatic carbocycles. The maximum Gasteiger partial charge on any atom is 0.132 e. The molecule has 4 nitrogen and oxygen atoms in total. The lowest BCUT2D eigenvalue weighted by atomic mass is 9.88. The predicted octanol–water partition coefficient (Wildman–Crippen LogP) is 4.06. The summed E-state index contributed by atoms with van der Waals surface area (Å²) in [5.74, 6) is 0. The van der Waals surface area contributed by atoms with Crippen LogP contribution in [0.3, 0.4) is 0 Å². The third-order valence-electron chi connectivity index (χ3n) is 3.56. The van der Waals surface area contributed by atoms with Gasteiger partial charge < -0.3 is 15.6 Å². The van der Waals surface area contributed by atoms with Crippen LogP contribution in [0.5, 0.6) is 0 Å². The Morgan fingerprint density at radius 3 is 2.35 bits per heavy atom. The van der Waals surface area contributed by atoms with Crippen molar-refractivity contribution in [2.75, 3.05) is 0 Å². The summed E-state index contributed by atoms with van der Waals surface area (Å²) in [5.41, 5.74) is 3.63. The van der Waals surface area contributed by atoms with E-state index in [1.54, 1.807) is 12.1 Å². The minimum absolute atomic E-state index is 0.188. The Morgan fingerprint density at radius 2 is 1.74 bits per heavy atom. The predicted molar refractivity (Wildman–Crippen MR) is 95.6 cm³/mol. The summed E-state index contributed by atoms with van der Waals surface area (Å²) in [7, 11) is 0. The number of thiazole rings is 1. The second-order valence-electron chi connectivity index (χ2n) is 6.92. The van der Waals surface area contributed by atoms with E-state index in [-0.39, 0.29) is 11.1 Å². The first-order chi connectivity index (χ1) is 10.8. The molecule has 23 heavy (non-hydrogen) atoms. The van der Waals surface area contributed by atoms with Gasteiger partial charge in [0.1, 0.15) is 10.7 Å². The molecule has 1 heterocycles. The van der Waals surface area contributed by atoms with Gasteiger partial charge in [0.2, 0.25) is 0 Å². The molecule has 5 heteroatoms. The summed E-state index contributed by atoms with van der Waals surface area (Å²) in [4.78, 5) is 4.59. The molecule has 0 atom stereocenters. The molecule has 1 N–H and O–H groups in total. The van der Waals surface area contributed by atoms with Crippen LogP contribution in [0.1, 0.15) is 26.3 Å². The van der Waals surface area contributed by atoms with Gasteiger partial charge in [0.25, 0.3) is 0 Å². The molecule has 0 saturated carbocycles. The number of benzene rings is 2. The van der Waals surface area contributed by atoms with Crippen LogP contribution < -0.4 is 5.23 Å². The van der Waals surface area contributed by atoms with Crippen molar-refractivity contribution in [3.8, 4) is 10.6 Å². The van der Waals surface area contributed by atoms with Gasteiger partial charge in [-0.25, -0.2) is 4.98 Å². The first-order valence-corrected chi connectivity index (χ1v) is 8.35. The van der Waals surface area contributed by atoms with Gasteiger partial charge in [-0.15, -0.1) is 11.3 Å². The van der Waals surface area contributed by atoms with Gasteiger partial charge in [-0.3, -0.25) is 0 Å². The van der Waals surface area contributed by atoms with E-state index in [0.717, 1.165) is 27.2 Å². The molecule has 0 aliphatic heterocycles. The standard InChI is InChI=1S/C18H19N2O2S/c1-18(2,3)11-12-4-6-13(7-5-12)17-19-15-9-8-14(20(21)22)10-16(15)23-17/h4-10,20H,11H2,1-3H3/q-1. The zero-order valence-corrected chi connectivity index (χ0v) is 14.2. The van der Waals surface area contributed by atoms with Crippen LogP contribution in [0.2, 0.25) is 0 Å². The van der Waals surface area contributed by atoms with Crippen LogP contribution in [0, 0.1) is 15.8 Å². The van der Waals surface area contributed by atoms with Crippen LogP contribution in [-0.4, -0.2) is 4.98 Å². The second kappa shape index (κ2) is 6.02. The average molecular weight is 327 g/mol. The van der Waals surface area contributed by atoms with E-state index in [1.807, 2.05) is 0 Å². The summed E-state index contributed by atoms with van der Waals surface area (Å²) in [6.07, 6.45) is 1.03. The van der Waals surface area contributed by atoms with E-state index < -0.39 is 5.23 Å². The van der Waals surface area contributed by atoms with Crippen molar-refractivity contribution < 1.29 is 5.23 Å². The van der Waals surface area contributed by atoms with Gasteiger partial charge in [-0.2, -0.15) is 0 Å². The van der Waals surface area contributed by atoms with E-state index >= 15 is 0 Å². The van der Waals surface area contributed by atoms with E-state index in [0.29, 0.717) is 0 Å². The maximum absolute atomic E-state index is 10.9. The highest BCUT2D eigenvalue weighted by atomic mass is 32.1. The second-order valence-corrected chi connectivity index (χ2v) is 7.95. The van der Waals surface area contributed by atoms with Crippen molar-refractivity contribution in [2.45, 2.75) is 27.2 Å². The first kappa shape index (κ1) is 16.1. The monoisotopic (exact) mass is 327 g/mol. The lowest BCUT2D eigenvalue weighted by Crippen LogP contribution is -2.96. The lowest BCUT2D eigenvalue weighted by Gasteiger charge is -2.24. The molecule has 0 amide bonds. The minimum atomic E-state index is -1.16. The SMILES string of the molecule is CC(C)(C)Cc1ccc(-c2nc3ccc([NH+]([O-])[O-])cc3s2)cc1. The smallest absolute Gasteiger partial charge is 0.132 e. The number of fused-ring (bicyclic) bond motifs is 1. The number of quaternary nitrogens is 1. The van der Waals surface area contributed by atoms with Crippen molar-refractivity contribution in [2.24, 2.45) is 5.41 Å². The fourth-order valence-electron chi connectivity index (χ4n) is 2.55. The number of hydrogen-bond donors (Lipinski definition) is 1. The number of aromatic nitrogens is 1. The van der Waals surface area contributed by atoms with Crippen LogP contribution in [-0.2, 0) is 6.42 Å². The molecule has 0 unspecified atom stereocenters. The van der Waals surface area contributed by atoms with E-state index in [4.69, 9.17) is 0 Å². The van der Waals surface area contributed by atoms with Crippen LogP contribution >= 0.6 is 11.3 Å². The van der Waals surface area contributed by atoms with Gasteiger partial charge in [-0.1, -0.05) is 45.0 Å². The van der Waals surface area contributed by atoms with Crippen LogP contribution in [0.25, 0.3) is 20.8 Å². The molecule has 1 aromatic heterocycles. The minimum Gasteiger partial charge on any atom is -0.628 e. The molecule has 120 valence electrons. The van der Waals surface area contributed by atoms with Crippen LogP contribution in [0.15, 0.2) is 42.5 Å². The van der Waals surface area contributed by atoms with E-state index in [9.17, 15) is 10.4 Å². The fourth-order valence-corrected chi connectivity index (χ4v) is 3.56. The number of nitrogens with one attached hydrogen (secondary N) is 1. The molecular formula is C18H19N2O2S-. The molecule has 3 aromatic rings. The number of nitrogens with zero attached hydrogens (tertiary/aromatic N) is 1. The molecule has 2 aromatic carbocycles. The van der Waals surface area contributed by atoms with Crippen molar-refractivity contribution in [1.82, 2.24) is 4.98 Å². The van der Waals surface area contributed by atoms with Gasteiger partial charge in [0.05, 0.1) is 10.2 Å². The van der Waals surface area contributed by atoms with Gasteiger partial charge in [-0.05, 0) is 23.5 Å². The van der Waals surface area contributed by atoms with Crippen molar-refractivity contribution in [3.05, 3.63) is 58.4 Å². The summed E-state index contributed by atoms with van der Waals surface area (Å²) in [6.45, 7) is 6.68. The zero-order chi connectivity index (χ0) is 16.6. The summed E-state index contributed by atoms with van der Waals surface area (Å²) < 4.78 is 0.862. The van der Waals surface area contributed by atoms with Crippen molar-refractivity contribution in [1.29, 1.82) is 0 Å². The Kier molecular flexibility index (Phi) is 4.21. The first-order valence-electron chi connectivity index (χ1n) is 7.53. The van der Waals surface area contributed by atoms with E-state index in [2.05, 4.69) is 50.0 Å². The maximum atomic E-state index is 10.9. The number of hydrogen-bond acceptors (Lipinski definition) is 4. The fraction of sp³-hybridized carbons (Fsp3) is 0.278.